The Hall–Kier alpha value is -1.58. The second-order valence-corrected chi connectivity index (χ2v) is 3.28. The lowest BCUT2D eigenvalue weighted by Crippen LogP contribution is -2.15. The summed E-state index contributed by atoms with van der Waals surface area (Å²) in [6.07, 6.45) is 5.04. The molecule has 0 aliphatic carbocycles. The molecule has 0 radical (unpaired) electrons. The van der Waals surface area contributed by atoms with Crippen LogP contribution in [0, 0.1) is 0 Å². The SMILES string of the molecule is CCCCOC(=O)Cn1ccc(=O)cc1. The predicted octanol–water partition coefficient (Wildman–Crippen LogP) is 1.19. The Bertz CT molecular complexity index is 350. The minimum Gasteiger partial charge on any atom is -0.464 e. The standard InChI is InChI=1S/C11H15NO3/c1-2-3-8-15-11(14)9-12-6-4-10(13)5-7-12/h4-7H,2-3,8-9H2,1H3. The third-order valence-electron chi connectivity index (χ3n) is 1.93. The van der Waals surface area contributed by atoms with Crippen molar-refractivity contribution in [2.24, 2.45) is 0 Å². The van der Waals surface area contributed by atoms with Gasteiger partial charge in [-0.3, -0.25) is 9.59 Å². The second-order valence-electron chi connectivity index (χ2n) is 3.28. The van der Waals surface area contributed by atoms with Crippen molar-refractivity contribution in [3.63, 3.8) is 0 Å². The van der Waals surface area contributed by atoms with Crippen LogP contribution in [0.1, 0.15) is 19.8 Å². The monoisotopic (exact) mass is 209 g/mol. The van der Waals surface area contributed by atoms with Crippen molar-refractivity contribution in [1.82, 2.24) is 4.57 Å². The van der Waals surface area contributed by atoms with E-state index in [1.54, 1.807) is 17.0 Å². The van der Waals surface area contributed by atoms with Gasteiger partial charge in [0.2, 0.25) is 0 Å². The molecule has 4 nitrogen and oxygen atoms in total. The number of ether oxygens (including phenoxy) is 1. The average Bonchev–Trinajstić information content (AvgIpc) is 2.22. The average molecular weight is 209 g/mol. The van der Waals surface area contributed by atoms with Gasteiger partial charge in [0.05, 0.1) is 6.61 Å². The zero-order valence-corrected chi connectivity index (χ0v) is 8.81. The van der Waals surface area contributed by atoms with Gasteiger partial charge in [0.1, 0.15) is 6.54 Å². The van der Waals surface area contributed by atoms with Gasteiger partial charge in [-0.05, 0) is 6.42 Å². The molecule has 1 rings (SSSR count). The van der Waals surface area contributed by atoms with Gasteiger partial charge in [-0.15, -0.1) is 0 Å². The van der Waals surface area contributed by atoms with Crippen LogP contribution >= 0.6 is 0 Å². The molecule has 0 saturated carbocycles. The summed E-state index contributed by atoms with van der Waals surface area (Å²) in [5, 5.41) is 0. The zero-order valence-electron chi connectivity index (χ0n) is 8.81. The summed E-state index contributed by atoms with van der Waals surface area (Å²) in [5.41, 5.74) is -0.0643. The maximum absolute atomic E-state index is 11.3. The number of nitrogens with zero attached hydrogens (tertiary/aromatic N) is 1. The molecule has 0 aliphatic rings. The van der Waals surface area contributed by atoms with Crippen molar-refractivity contribution >= 4 is 5.97 Å². The Morgan fingerprint density at radius 2 is 2.07 bits per heavy atom. The molecular weight excluding hydrogens is 194 g/mol. The van der Waals surface area contributed by atoms with Crippen LogP contribution in [-0.4, -0.2) is 17.1 Å². The van der Waals surface area contributed by atoms with Crippen molar-refractivity contribution in [3.05, 3.63) is 34.7 Å². The summed E-state index contributed by atoms with van der Waals surface area (Å²) in [4.78, 5) is 22.0. The summed E-state index contributed by atoms with van der Waals surface area (Å²) < 4.78 is 6.60. The topological polar surface area (TPSA) is 48.3 Å². The largest absolute Gasteiger partial charge is 0.464 e. The molecule has 0 bridgehead atoms. The smallest absolute Gasteiger partial charge is 0.325 e. The Labute approximate surface area is 88.5 Å². The number of unbranched alkanes of at least 4 members (excludes halogenated alkanes) is 1. The van der Waals surface area contributed by atoms with E-state index in [-0.39, 0.29) is 17.9 Å². The van der Waals surface area contributed by atoms with Gasteiger partial charge in [-0.25, -0.2) is 0 Å². The highest BCUT2D eigenvalue weighted by Crippen LogP contribution is 1.92. The van der Waals surface area contributed by atoms with Crippen molar-refractivity contribution < 1.29 is 9.53 Å². The van der Waals surface area contributed by atoms with Crippen LogP contribution in [0.15, 0.2) is 29.3 Å². The lowest BCUT2D eigenvalue weighted by molar-refractivity contribution is -0.144. The molecule has 0 spiro atoms. The fraction of sp³-hybridized carbons (Fsp3) is 0.455. The van der Waals surface area contributed by atoms with E-state index in [0.29, 0.717) is 6.61 Å². The van der Waals surface area contributed by atoms with Crippen molar-refractivity contribution in [3.8, 4) is 0 Å². The van der Waals surface area contributed by atoms with Crippen molar-refractivity contribution in [1.29, 1.82) is 0 Å². The lowest BCUT2D eigenvalue weighted by atomic mass is 10.4. The Balaban J connectivity index is 2.37. The number of pyridine rings is 1. The maximum atomic E-state index is 11.3. The van der Waals surface area contributed by atoms with E-state index in [9.17, 15) is 9.59 Å². The molecule has 0 amide bonds. The van der Waals surface area contributed by atoms with E-state index in [2.05, 4.69) is 0 Å². The molecule has 0 N–H and O–H groups in total. The molecule has 82 valence electrons. The van der Waals surface area contributed by atoms with E-state index in [4.69, 9.17) is 4.74 Å². The first-order valence-corrected chi connectivity index (χ1v) is 5.04. The minimum atomic E-state index is -0.271. The fourth-order valence-electron chi connectivity index (χ4n) is 1.07. The first-order chi connectivity index (χ1) is 7.22. The van der Waals surface area contributed by atoms with Gasteiger partial charge in [0.25, 0.3) is 0 Å². The van der Waals surface area contributed by atoms with Crippen LogP contribution in [-0.2, 0) is 16.1 Å². The third-order valence-corrected chi connectivity index (χ3v) is 1.93. The third kappa shape index (κ3) is 4.44. The Morgan fingerprint density at radius 1 is 1.40 bits per heavy atom. The molecular formula is C11H15NO3. The Morgan fingerprint density at radius 3 is 2.67 bits per heavy atom. The molecule has 1 aromatic heterocycles. The molecule has 1 aromatic rings. The van der Waals surface area contributed by atoms with Gasteiger partial charge in [0.15, 0.2) is 5.43 Å². The summed E-state index contributed by atoms with van der Waals surface area (Å²) >= 11 is 0. The molecule has 15 heavy (non-hydrogen) atoms. The number of hydrogen-bond donors (Lipinski definition) is 0. The lowest BCUT2D eigenvalue weighted by Gasteiger charge is -2.05. The molecule has 0 atom stereocenters. The van der Waals surface area contributed by atoms with Gasteiger partial charge in [-0.1, -0.05) is 13.3 Å². The highest BCUT2D eigenvalue weighted by Gasteiger charge is 2.01. The molecule has 1 heterocycles. The quantitative estimate of drug-likeness (QED) is 0.540. The van der Waals surface area contributed by atoms with Crippen LogP contribution in [0.5, 0.6) is 0 Å². The number of esters is 1. The van der Waals surface area contributed by atoms with Gasteiger partial charge < -0.3 is 9.30 Å². The number of carbonyl (C=O) groups excluding carboxylic acids is 1. The van der Waals surface area contributed by atoms with E-state index in [1.807, 2.05) is 6.92 Å². The predicted molar refractivity (Wildman–Crippen MR) is 56.6 cm³/mol. The van der Waals surface area contributed by atoms with Gasteiger partial charge in [-0.2, -0.15) is 0 Å². The van der Waals surface area contributed by atoms with E-state index >= 15 is 0 Å². The van der Waals surface area contributed by atoms with Crippen molar-refractivity contribution in [2.75, 3.05) is 6.61 Å². The highest BCUT2D eigenvalue weighted by molar-refractivity contribution is 5.69. The van der Waals surface area contributed by atoms with Crippen LogP contribution in [0.2, 0.25) is 0 Å². The number of rotatable bonds is 5. The molecule has 0 unspecified atom stereocenters. The van der Waals surface area contributed by atoms with E-state index in [1.165, 1.54) is 12.1 Å². The van der Waals surface area contributed by atoms with Crippen molar-refractivity contribution in [2.45, 2.75) is 26.3 Å². The highest BCUT2D eigenvalue weighted by atomic mass is 16.5. The maximum Gasteiger partial charge on any atom is 0.325 e. The fourth-order valence-corrected chi connectivity index (χ4v) is 1.07. The first kappa shape index (κ1) is 11.5. The van der Waals surface area contributed by atoms with Crippen LogP contribution < -0.4 is 5.43 Å². The summed E-state index contributed by atoms with van der Waals surface area (Å²) in [6.45, 7) is 2.66. The second kappa shape index (κ2) is 6.01. The normalized spacial score (nSPS) is 9.93. The van der Waals surface area contributed by atoms with E-state index in [0.717, 1.165) is 12.8 Å². The van der Waals surface area contributed by atoms with Crippen LogP contribution in [0.3, 0.4) is 0 Å². The molecule has 0 saturated heterocycles. The molecule has 0 aromatic carbocycles. The summed E-state index contributed by atoms with van der Waals surface area (Å²) in [6, 6.07) is 2.83. The molecule has 4 heteroatoms. The molecule has 0 aliphatic heterocycles. The van der Waals surface area contributed by atoms with E-state index < -0.39 is 0 Å². The number of carbonyl (C=O) groups is 1. The minimum absolute atomic E-state index is 0.0643. The van der Waals surface area contributed by atoms with Gasteiger partial charge >= 0.3 is 5.97 Å². The van der Waals surface area contributed by atoms with Gasteiger partial charge in [0, 0.05) is 24.5 Å². The first-order valence-electron chi connectivity index (χ1n) is 5.04. The Kier molecular flexibility index (Phi) is 4.60. The summed E-state index contributed by atoms with van der Waals surface area (Å²) in [7, 11) is 0. The number of hydrogen-bond acceptors (Lipinski definition) is 3. The zero-order chi connectivity index (χ0) is 11.1. The van der Waals surface area contributed by atoms with Crippen LogP contribution in [0.25, 0.3) is 0 Å². The number of aromatic nitrogens is 1. The van der Waals surface area contributed by atoms with Crippen LogP contribution in [0.4, 0.5) is 0 Å². The molecule has 0 fully saturated rings. The summed E-state index contributed by atoms with van der Waals surface area (Å²) in [5.74, 6) is -0.271.